The lowest BCUT2D eigenvalue weighted by molar-refractivity contribution is -0.125. The van der Waals surface area contributed by atoms with Crippen LogP contribution in [-0.2, 0) is 4.79 Å². The molecule has 0 aromatic carbocycles. The number of carbonyl (C=O) groups is 1. The fourth-order valence-corrected chi connectivity index (χ4v) is 2.25. The van der Waals surface area contributed by atoms with Crippen molar-refractivity contribution in [2.75, 3.05) is 7.05 Å². The third-order valence-electron chi connectivity index (χ3n) is 3.33. The van der Waals surface area contributed by atoms with E-state index in [0.29, 0.717) is 5.92 Å². The van der Waals surface area contributed by atoms with Gasteiger partial charge in [-0.3, -0.25) is 4.79 Å². The van der Waals surface area contributed by atoms with E-state index in [0.717, 1.165) is 24.7 Å². The molecule has 2 heteroatoms. The number of rotatable bonds is 2. The highest BCUT2D eigenvalue weighted by Crippen LogP contribution is 2.33. The van der Waals surface area contributed by atoms with Crippen molar-refractivity contribution in [2.24, 2.45) is 17.8 Å². The van der Waals surface area contributed by atoms with Crippen molar-refractivity contribution in [1.29, 1.82) is 0 Å². The Hall–Kier alpha value is -0.530. The number of nitrogens with one attached hydrogen (secondary N) is 1. The van der Waals surface area contributed by atoms with E-state index in [1.807, 2.05) is 0 Å². The molecule has 0 unspecified atom stereocenters. The second kappa shape index (κ2) is 4.64. The summed E-state index contributed by atoms with van der Waals surface area (Å²) in [6, 6.07) is 0. The zero-order valence-electron chi connectivity index (χ0n) is 8.97. The number of carbonyl (C=O) groups excluding carboxylic acids is 1. The zero-order chi connectivity index (χ0) is 9.84. The van der Waals surface area contributed by atoms with Crippen molar-refractivity contribution in [1.82, 2.24) is 5.32 Å². The van der Waals surface area contributed by atoms with Crippen molar-refractivity contribution >= 4 is 5.91 Å². The fraction of sp³-hybridized carbons (Fsp3) is 0.909. The summed E-state index contributed by atoms with van der Waals surface area (Å²) in [5, 5.41) is 2.74. The van der Waals surface area contributed by atoms with Gasteiger partial charge >= 0.3 is 0 Å². The van der Waals surface area contributed by atoms with Gasteiger partial charge < -0.3 is 5.32 Å². The SMILES string of the molecule is CNC(=O)C1CCC(C(C)C)CC1. The lowest BCUT2D eigenvalue weighted by Gasteiger charge is -2.29. The van der Waals surface area contributed by atoms with Crippen LogP contribution >= 0.6 is 0 Å². The lowest BCUT2D eigenvalue weighted by atomic mass is 9.77. The van der Waals surface area contributed by atoms with Crippen LogP contribution in [0.1, 0.15) is 39.5 Å². The summed E-state index contributed by atoms with van der Waals surface area (Å²) >= 11 is 0. The van der Waals surface area contributed by atoms with Gasteiger partial charge in [0.1, 0.15) is 0 Å². The first-order valence-electron chi connectivity index (χ1n) is 5.36. The van der Waals surface area contributed by atoms with Crippen LogP contribution in [0, 0.1) is 17.8 Å². The molecular weight excluding hydrogens is 162 g/mol. The molecule has 1 saturated carbocycles. The first-order valence-corrected chi connectivity index (χ1v) is 5.36. The van der Waals surface area contributed by atoms with Crippen LogP contribution in [-0.4, -0.2) is 13.0 Å². The maximum atomic E-state index is 11.3. The molecule has 0 heterocycles. The molecule has 1 fully saturated rings. The van der Waals surface area contributed by atoms with Crippen LogP contribution in [0.5, 0.6) is 0 Å². The minimum Gasteiger partial charge on any atom is -0.359 e. The Morgan fingerprint density at radius 1 is 1.23 bits per heavy atom. The summed E-state index contributed by atoms with van der Waals surface area (Å²) in [6.07, 6.45) is 4.64. The monoisotopic (exact) mass is 183 g/mol. The van der Waals surface area contributed by atoms with Crippen LogP contribution in [0.4, 0.5) is 0 Å². The Morgan fingerprint density at radius 2 is 1.77 bits per heavy atom. The van der Waals surface area contributed by atoms with E-state index in [2.05, 4.69) is 19.2 Å². The summed E-state index contributed by atoms with van der Waals surface area (Å²) in [7, 11) is 1.73. The van der Waals surface area contributed by atoms with E-state index in [1.165, 1.54) is 12.8 Å². The predicted molar refractivity (Wildman–Crippen MR) is 54.4 cm³/mol. The molecule has 0 aromatic heterocycles. The van der Waals surface area contributed by atoms with E-state index >= 15 is 0 Å². The first-order chi connectivity index (χ1) is 6.15. The summed E-state index contributed by atoms with van der Waals surface area (Å²) in [4.78, 5) is 11.3. The van der Waals surface area contributed by atoms with Gasteiger partial charge in [0.15, 0.2) is 0 Å². The van der Waals surface area contributed by atoms with Crippen molar-refractivity contribution < 1.29 is 4.79 Å². The highest BCUT2D eigenvalue weighted by Gasteiger charge is 2.26. The Kier molecular flexibility index (Phi) is 3.76. The highest BCUT2D eigenvalue weighted by atomic mass is 16.1. The molecule has 76 valence electrons. The molecule has 0 saturated heterocycles. The number of hydrogen-bond acceptors (Lipinski definition) is 1. The fourth-order valence-electron chi connectivity index (χ4n) is 2.25. The van der Waals surface area contributed by atoms with Crippen molar-refractivity contribution in [3.8, 4) is 0 Å². The smallest absolute Gasteiger partial charge is 0.222 e. The van der Waals surface area contributed by atoms with E-state index in [4.69, 9.17) is 0 Å². The van der Waals surface area contributed by atoms with Crippen molar-refractivity contribution in [3.05, 3.63) is 0 Å². The van der Waals surface area contributed by atoms with E-state index in [9.17, 15) is 4.79 Å². The molecule has 1 amide bonds. The maximum Gasteiger partial charge on any atom is 0.222 e. The van der Waals surface area contributed by atoms with Crippen molar-refractivity contribution in [2.45, 2.75) is 39.5 Å². The molecule has 0 atom stereocenters. The summed E-state index contributed by atoms with van der Waals surface area (Å²) in [5.41, 5.74) is 0. The van der Waals surface area contributed by atoms with Crippen molar-refractivity contribution in [3.63, 3.8) is 0 Å². The van der Waals surface area contributed by atoms with E-state index in [-0.39, 0.29) is 5.91 Å². The van der Waals surface area contributed by atoms with Crippen LogP contribution in [0.15, 0.2) is 0 Å². The van der Waals surface area contributed by atoms with E-state index in [1.54, 1.807) is 7.05 Å². The molecular formula is C11H21NO. The van der Waals surface area contributed by atoms with Gasteiger partial charge in [-0.2, -0.15) is 0 Å². The topological polar surface area (TPSA) is 29.1 Å². The molecule has 0 bridgehead atoms. The minimum absolute atomic E-state index is 0.238. The third-order valence-corrected chi connectivity index (χ3v) is 3.33. The quantitative estimate of drug-likeness (QED) is 0.698. The molecule has 0 spiro atoms. The van der Waals surface area contributed by atoms with Gasteiger partial charge in [0.05, 0.1) is 0 Å². The van der Waals surface area contributed by atoms with Crippen LogP contribution in [0.25, 0.3) is 0 Å². The third kappa shape index (κ3) is 2.71. The standard InChI is InChI=1S/C11H21NO/c1-8(2)9-4-6-10(7-5-9)11(13)12-3/h8-10H,4-7H2,1-3H3,(H,12,13). The molecule has 1 aliphatic carbocycles. The Morgan fingerprint density at radius 3 is 2.15 bits per heavy atom. The summed E-state index contributed by atoms with van der Waals surface area (Å²) < 4.78 is 0. The van der Waals surface area contributed by atoms with Crippen LogP contribution < -0.4 is 5.32 Å². The number of amides is 1. The summed E-state index contributed by atoms with van der Waals surface area (Å²) in [6.45, 7) is 4.57. The molecule has 0 aliphatic heterocycles. The van der Waals surface area contributed by atoms with Gasteiger partial charge in [-0.05, 0) is 37.5 Å². The second-order valence-corrected chi connectivity index (χ2v) is 4.47. The molecule has 0 radical (unpaired) electrons. The Labute approximate surface area is 81.1 Å². The molecule has 2 nitrogen and oxygen atoms in total. The number of hydrogen-bond donors (Lipinski definition) is 1. The highest BCUT2D eigenvalue weighted by molar-refractivity contribution is 5.78. The maximum absolute atomic E-state index is 11.3. The first kappa shape index (κ1) is 10.6. The van der Waals surface area contributed by atoms with Gasteiger partial charge in [-0.15, -0.1) is 0 Å². The zero-order valence-corrected chi connectivity index (χ0v) is 8.97. The molecule has 0 aromatic rings. The average molecular weight is 183 g/mol. The average Bonchev–Trinajstić information content (AvgIpc) is 2.17. The normalized spacial score (nSPS) is 28.9. The molecule has 1 rings (SSSR count). The predicted octanol–water partition coefficient (Wildman–Crippen LogP) is 2.19. The lowest BCUT2D eigenvalue weighted by Crippen LogP contribution is -2.31. The van der Waals surface area contributed by atoms with E-state index < -0.39 is 0 Å². The van der Waals surface area contributed by atoms with Gasteiger partial charge in [0.2, 0.25) is 5.91 Å². The summed E-state index contributed by atoms with van der Waals surface area (Å²) in [5.74, 6) is 2.16. The van der Waals surface area contributed by atoms with Crippen LogP contribution in [0.3, 0.4) is 0 Å². The largest absolute Gasteiger partial charge is 0.359 e. The van der Waals surface area contributed by atoms with Gasteiger partial charge in [0.25, 0.3) is 0 Å². The molecule has 1 N–H and O–H groups in total. The Balaban J connectivity index is 2.34. The Bertz CT molecular complexity index is 169. The van der Waals surface area contributed by atoms with Gasteiger partial charge in [-0.1, -0.05) is 13.8 Å². The van der Waals surface area contributed by atoms with Gasteiger partial charge in [0, 0.05) is 13.0 Å². The minimum atomic E-state index is 0.238. The van der Waals surface area contributed by atoms with Crippen LogP contribution in [0.2, 0.25) is 0 Å². The molecule has 13 heavy (non-hydrogen) atoms. The second-order valence-electron chi connectivity index (χ2n) is 4.47. The molecule has 1 aliphatic rings. The van der Waals surface area contributed by atoms with Gasteiger partial charge in [-0.25, -0.2) is 0 Å².